The lowest BCUT2D eigenvalue weighted by atomic mass is 10.1. The van der Waals surface area contributed by atoms with Crippen LogP contribution in [0.1, 0.15) is 41.3 Å². The molecule has 2 aromatic heterocycles. The van der Waals surface area contributed by atoms with Gasteiger partial charge in [0.2, 0.25) is 5.91 Å². The van der Waals surface area contributed by atoms with Gasteiger partial charge < -0.3 is 9.47 Å². The molecule has 3 aromatic rings. The molecule has 2 aliphatic heterocycles. The second-order valence-corrected chi connectivity index (χ2v) is 8.68. The van der Waals surface area contributed by atoms with E-state index in [-0.39, 0.29) is 24.8 Å². The van der Waals surface area contributed by atoms with Crippen molar-refractivity contribution in [2.24, 2.45) is 0 Å². The van der Waals surface area contributed by atoms with Gasteiger partial charge in [0.05, 0.1) is 24.7 Å². The Balaban J connectivity index is 1.58. The number of aromatic nitrogens is 4. The van der Waals surface area contributed by atoms with Crippen LogP contribution >= 0.6 is 11.5 Å². The van der Waals surface area contributed by atoms with Crippen molar-refractivity contribution in [3.05, 3.63) is 47.2 Å². The predicted molar refractivity (Wildman–Crippen MR) is 114 cm³/mol. The quantitative estimate of drug-likeness (QED) is 0.602. The van der Waals surface area contributed by atoms with Crippen LogP contribution in [0.5, 0.6) is 0 Å². The Morgan fingerprint density at radius 1 is 1.19 bits per heavy atom. The Morgan fingerprint density at radius 3 is 2.56 bits per heavy atom. The Bertz CT molecular complexity index is 1210. The molecule has 0 unspecified atom stereocenters. The molecular weight excluding hydrogens is 438 g/mol. The van der Waals surface area contributed by atoms with E-state index in [1.807, 2.05) is 11.5 Å². The van der Waals surface area contributed by atoms with Gasteiger partial charge in [-0.25, -0.2) is 18.7 Å². The van der Waals surface area contributed by atoms with Crippen LogP contribution < -0.4 is 4.90 Å². The summed E-state index contributed by atoms with van der Waals surface area (Å²) in [6, 6.07) is 4.95. The van der Waals surface area contributed by atoms with Gasteiger partial charge in [0.15, 0.2) is 16.6 Å². The zero-order chi connectivity index (χ0) is 22.6. The lowest BCUT2D eigenvalue weighted by Gasteiger charge is -2.36. The number of carbonyl (C=O) groups excluding carboxylic acids is 2. The van der Waals surface area contributed by atoms with Crippen molar-refractivity contribution < 1.29 is 18.4 Å². The number of hydrogen-bond donors (Lipinski definition) is 0. The van der Waals surface area contributed by atoms with Crippen molar-refractivity contribution >= 4 is 29.2 Å². The molecule has 4 heterocycles. The maximum absolute atomic E-state index is 14.0. The number of benzene rings is 1. The SMILES string of the molecule is Cc1nsc(-c2nc(N3C[C@@H](F)CC3=O)c3n2CCN(C(=O)c2ccc(F)cc2)[C@@H]3C)n1. The van der Waals surface area contributed by atoms with Crippen LogP contribution in [0, 0.1) is 12.7 Å². The highest BCUT2D eigenvalue weighted by Gasteiger charge is 2.40. The van der Waals surface area contributed by atoms with Crippen molar-refractivity contribution in [1.82, 2.24) is 23.8 Å². The second kappa shape index (κ2) is 7.73. The third kappa shape index (κ3) is 3.36. The third-order valence-corrected chi connectivity index (χ3v) is 6.62. The number of rotatable bonds is 3. The van der Waals surface area contributed by atoms with Crippen LogP contribution in [0.4, 0.5) is 14.6 Å². The van der Waals surface area contributed by atoms with Gasteiger partial charge in [-0.05, 0) is 49.6 Å². The highest BCUT2D eigenvalue weighted by molar-refractivity contribution is 7.09. The summed E-state index contributed by atoms with van der Waals surface area (Å²) in [5, 5.41) is 0.601. The first-order valence-electron chi connectivity index (χ1n) is 10.3. The summed E-state index contributed by atoms with van der Waals surface area (Å²) in [5.74, 6) is 0.507. The number of imidazole rings is 1. The smallest absolute Gasteiger partial charge is 0.254 e. The van der Waals surface area contributed by atoms with Crippen LogP contribution in [0.2, 0.25) is 0 Å². The van der Waals surface area contributed by atoms with E-state index in [1.54, 1.807) is 11.8 Å². The van der Waals surface area contributed by atoms with Gasteiger partial charge >= 0.3 is 0 Å². The average molecular weight is 458 g/mol. The highest BCUT2D eigenvalue weighted by Crippen LogP contribution is 2.39. The zero-order valence-electron chi connectivity index (χ0n) is 17.5. The zero-order valence-corrected chi connectivity index (χ0v) is 18.3. The Morgan fingerprint density at radius 2 is 1.94 bits per heavy atom. The maximum Gasteiger partial charge on any atom is 0.254 e. The number of halogens is 2. The highest BCUT2D eigenvalue weighted by atomic mass is 32.1. The molecule has 0 N–H and O–H groups in total. The van der Waals surface area contributed by atoms with Crippen LogP contribution in [0.15, 0.2) is 24.3 Å². The third-order valence-electron chi connectivity index (χ3n) is 5.82. The molecule has 11 heteroatoms. The van der Waals surface area contributed by atoms with Gasteiger partial charge in [0.1, 0.15) is 17.8 Å². The number of fused-ring (bicyclic) bond motifs is 1. The van der Waals surface area contributed by atoms with Gasteiger partial charge in [-0.2, -0.15) is 4.37 Å². The fourth-order valence-electron chi connectivity index (χ4n) is 4.29. The molecule has 2 amide bonds. The molecule has 32 heavy (non-hydrogen) atoms. The molecular formula is C21H20F2N6O2S. The van der Waals surface area contributed by atoms with Crippen molar-refractivity contribution in [3.8, 4) is 10.8 Å². The van der Waals surface area contributed by atoms with Crippen molar-refractivity contribution in [3.63, 3.8) is 0 Å². The van der Waals surface area contributed by atoms with E-state index < -0.39 is 18.0 Å². The first-order valence-corrected chi connectivity index (χ1v) is 11.0. The molecule has 166 valence electrons. The van der Waals surface area contributed by atoms with Crippen LogP contribution in [0.25, 0.3) is 10.8 Å². The normalized spacial score (nSPS) is 20.7. The molecule has 0 saturated carbocycles. The summed E-state index contributed by atoms with van der Waals surface area (Å²) in [6.45, 7) is 4.37. The summed E-state index contributed by atoms with van der Waals surface area (Å²) in [7, 11) is 0. The summed E-state index contributed by atoms with van der Waals surface area (Å²) in [5.41, 5.74) is 1.02. The molecule has 2 atom stereocenters. The minimum atomic E-state index is -1.26. The minimum Gasteiger partial charge on any atom is -0.328 e. The molecule has 1 aromatic carbocycles. The van der Waals surface area contributed by atoms with Gasteiger partial charge in [0, 0.05) is 18.7 Å². The second-order valence-electron chi connectivity index (χ2n) is 7.93. The molecule has 0 spiro atoms. The minimum absolute atomic E-state index is 0.0734. The summed E-state index contributed by atoms with van der Waals surface area (Å²) < 4.78 is 33.5. The van der Waals surface area contributed by atoms with E-state index in [4.69, 9.17) is 4.98 Å². The topological polar surface area (TPSA) is 84.2 Å². The molecule has 1 fully saturated rings. The van der Waals surface area contributed by atoms with Crippen LogP contribution in [-0.2, 0) is 11.3 Å². The number of carbonyl (C=O) groups is 2. The predicted octanol–water partition coefficient (Wildman–Crippen LogP) is 3.14. The average Bonchev–Trinajstić information content (AvgIpc) is 3.45. The summed E-state index contributed by atoms with van der Waals surface area (Å²) >= 11 is 1.20. The van der Waals surface area contributed by atoms with E-state index in [0.29, 0.717) is 46.8 Å². The molecule has 1 saturated heterocycles. The molecule has 5 rings (SSSR count). The monoisotopic (exact) mass is 458 g/mol. The first-order chi connectivity index (χ1) is 15.3. The summed E-state index contributed by atoms with van der Waals surface area (Å²) in [6.07, 6.45) is -1.45. The van der Waals surface area contributed by atoms with Crippen LogP contribution in [0.3, 0.4) is 0 Å². The van der Waals surface area contributed by atoms with E-state index in [2.05, 4.69) is 9.36 Å². The number of anilines is 1. The lowest BCUT2D eigenvalue weighted by molar-refractivity contribution is -0.117. The van der Waals surface area contributed by atoms with E-state index >= 15 is 0 Å². The maximum atomic E-state index is 14.0. The molecule has 2 aliphatic rings. The Kier molecular flexibility index (Phi) is 5.00. The Hall–Kier alpha value is -3.21. The van der Waals surface area contributed by atoms with Crippen LogP contribution in [-0.4, -0.2) is 54.9 Å². The van der Waals surface area contributed by atoms with Gasteiger partial charge in [0.25, 0.3) is 5.91 Å². The van der Waals surface area contributed by atoms with Gasteiger partial charge in [-0.1, -0.05) is 0 Å². The molecule has 0 radical (unpaired) electrons. The number of nitrogens with zero attached hydrogens (tertiary/aromatic N) is 6. The fraction of sp³-hybridized carbons (Fsp3) is 0.381. The molecule has 0 bridgehead atoms. The standard InChI is InChI=1S/C21H20F2N6O2S/c1-11-17-18(29-10-15(23)9-16(29)30)25-19(20-24-12(2)26-32-20)28(17)8-7-27(11)21(31)13-3-5-14(22)6-4-13/h3-6,11,15H,7-10H2,1-2H3/t11-,15+/m1/s1. The summed E-state index contributed by atoms with van der Waals surface area (Å²) in [4.78, 5) is 37.8. The number of alkyl halides is 1. The first kappa shape index (κ1) is 20.7. The largest absolute Gasteiger partial charge is 0.328 e. The van der Waals surface area contributed by atoms with Crippen molar-refractivity contribution in [2.45, 2.75) is 39.0 Å². The fourth-order valence-corrected chi connectivity index (χ4v) is 4.96. The number of amides is 2. The Labute approximate surface area is 186 Å². The van der Waals surface area contributed by atoms with E-state index in [0.717, 1.165) is 0 Å². The lowest BCUT2D eigenvalue weighted by Crippen LogP contribution is -2.42. The number of aryl methyl sites for hydroxylation is 1. The van der Waals surface area contributed by atoms with Crippen molar-refractivity contribution in [1.29, 1.82) is 0 Å². The number of hydrogen-bond acceptors (Lipinski definition) is 6. The van der Waals surface area contributed by atoms with E-state index in [1.165, 1.54) is 40.7 Å². The molecule has 8 nitrogen and oxygen atoms in total. The van der Waals surface area contributed by atoms with Gasteiger partial charge in [-0.15, -0.1) is 0 Å². The molecule has 0 aliphatic carbocycles. The van der Waals surface area contributed by atoms with E-state index in [9.17, 15) is 18.4 Å². The van der Waals surface area contributed by atoms with Crippen molar-refractivity contribution in [2.75, 3.05) is 18.0 Å². The van der Waals surface area contributed by atoms with Gasteiger partial charge in [-0.3, -0.25) is 14.5 Å².